The molecule has 15 heavy (non-hydrogen) atoms. The fourth-order valence-electron chi connectivity index (χ4n) is 2.13. The quantitative estimate of drug-likeness (QED) is 0.769. The summed E-state index contributed by atoms with van der Waals surface area (Å²) in [6.45, 7) is 1.87. The van der Waals surface area contributed by atoms with Gasteiger partial charge < -0.3 is 9.84 Å². The summed E-state index contributed by atoms with van der Waals surface area (Å²) in [6, 6.07) is 7.50. The first-order chi connectivity index (χ1) is 7.16. The van der Waals surface area contributed by atoms with Gasteiger partial charge in [-0.25, -0.2) is 4.79 Å². The molecule has 4 heteroatoms. The third kappa shape index (κ3) is 1.37. The van der Waals surface area contributed by atoms with Crippen molar-refractivity contribution in [3.63, 3.8) is 0 Å². The van der Waals surface area contributed by atoms with Gasteiger partial charge in [0.2, 0.25) is 0 Å². The SMILES string of the molecule is COC1c2ccccc2C(C)N1C(=O)O. The molecule has 1 aromatic carbocycles. The van der Waals surface area contributed by atoms with E-state index in [1.54, 1.807) is 0 Å². The zero-order chi connectivity index (χ0) is 11.0. The predicted octanol–water partition coefficient (Wildman–Crippen LogP) is 2.39. The lowest BCUT2D eigenvalue weighted by atomic mass is 10.1. The van der Waals surface area contributed by atoms with Crippen LogP contribution < -0.4 is 0 Å². The third-order valence-corrected chi connectivity index (χ3v) is 2.83. The van der Waals surface area contributed by atoms with Crippen molar-refractivity contribution < 1.29 is 14.6 Å². The number of carboxylic acid groups (broad SMARTS) is 1. The van der Waals surface area contributed by atoms with Gasteiger partial charge in [0.15, 0.2) is 6.23 Å². The van der Waals surface area contributed by atoms with Crippen LogP contribution in [0.1, 0.15) is 30.3 Å². The molecule has 2 unspecified atom stereocenters. The molecule has 0 radical (unpaired) electrons. The number of nitrogens with zero attached hydrogens (tertiary/aromatic N) is 1. The van der Waals surface area contributed by atoms with Crippen molar-refractivity contribution in [2.45, 2.75) is 19.2 Å². The van der Waals surface area contributed by atoms with E-state index >= 15 is 0 Å². The second kappa shape index (κ2) is 3.55. The van der Waals surface area contributed by atoms with Gasteiger partial charge in [-0.05, 0) is 12.5 Å². The second-order valence-corrected chi connectivity index (χ2v) is 3.58. The molecule has 2 atom stereocenters. The summed E-state index contributed by atoms with van der Waals surface area (Å²) >= 11 is 0. The maximum atomic E-state index is 11.1. The van der Waals surface area contributed by atoms with Crippen LogP contribution in [0.4, 0.5) is 4.79 Å². The summed E-state index contributed by atoms with van der Waals surface area (Å²) in [5.74, 6) is 0. The van der Waals surface area contributed by atoms with E-state index < -0.39 is 12.3 Å². The molecule has 0 aromatic heterocycles. The lowest BCUT2D eigenvalue weighted by molar-refractivity contribution is -0.0255. The molecule has 0 spiro atoms. The first-order valence-electron chi connectivity index (χ1n) is 4.79. The lowest BCUT2D eigenvalue weighted by Gasteiger charge is -2.24. The van der Waals surface area contributed by atoms with Crippen LogP contribution >= 0.6 is 0 Å². The van der Waals surface area contributed by atoms with Crippen molar-refractivity contribution in [2.75, 3.05) is 7.11 Å². The van der Waals surface area contributed by atoms with Gasteiger partial charge in [-0.15, -0.1) is 0 Å². The summed E-state index contributed by atoms with van der Waals surface area (Å²) in [5.41, 5.74) is 1.96. The zero-order valence-corrected chi connectivity index (χ0v) is 8.68. The molecule has 1 aliphatic heterocycles. The van der Waals surface area contributed by atoms with Gasteiger partial charge >= 0.3 is 6.09 Å². The molecular weight excluding hydrogens is 194 g/mol. The van der Waals surface area contributed by atoms with Crippen LogP contribution in [-0.2, 0) is 4.74 Å². The summed E-state index contributed by atoms with van der Waals surface area (Å²) in [7, 11) is 1.52. The Morgan fingerprint density at radius 1 is 1.40 bits per heavy atom. The topological polar surface area (TPSA) is 49.8 Å². The standard InChI is InChI=1S/C11H13NO3/c1-7-8-5-3-4-6-9(8)10(15-2)12(7)11(13)14/h3-7,10H,1-2H3,(H,13,14). The number of rotatable bonds is 1. The van der Waals surface area contributed by atoms with Crippen LogP contribution in [0.5, 0.6) is 0 Å². The van der Waals surface area contributed by atoms with Crippen LogP contribution in [0.3, 0.4) is 0 Å². The van der Waals surface area contributed by atoms with Crippen molar-refractivity contribution in [1.82, 2.24) is 4.90 Å². The number of methoxy groups -OCH3 is 1. The van der Waals surface area contributed by atoms with E-state index in [-0.39, 0.29) is 6.04 Å². The van der Waals surface area contributed by atoms with Crippen LogP contribution in [0.15, 0.2) is 24.3 Å². The van der Waals surface area contributed by atoms with Crippen molar-refractivity contribution in [3.05, 3.63) is 35.4 Å². The molecular formula is C11H13NO3. The molecule has 1 amide bonds. The van der Waals surface area contributed by atoms with E-state index in [1.807, 2.05) is 31.2 Å². The van der Waals surface area contributed by atoms with Gasteiger partial charge in [-0.3, -0.25) is 4.90 Å². The maximum absolute atomic E-state index is 11.1. The van der Waals surface area contributed by atoms with Gasteiger partial charge in [-0.1, -0.05) is 24.3 Å². The van der Waals surface area contributed by atoms with Crippen LogP contribution in [0.25, 0.3) is 0 Å². The molecule has 0 fully saturated rings. The molecule has 1 aliphatic rings. The third-order valence-electron chi connectivity index (χ3n) is 2.83. The Kier molecular flexibility index (Phi) is 2.36. The van der Waals surface area contributed by atoms with E-state index in [0.29, 0.717) is 0 Å². The number of carbonyl (C=O) groups is 1. The molecule has 1 N–H and O–H groups in total. The van der Waals surface area contributed by atoms with Gasteiger partial charge in [0.1, 0.15) is 0 Å². The first kappa shape index (κ1) is 9.98. The Hall–Kier alpha value is -1.55. The lowest BCUT2D eigenvalue weighted by Crippen LogP contribution is -2.31. The van der Waals surface area contributed by atoms with E-state index in [9.17, 15) is 4.79 Å². The number of benzene rings is 1. The zero-order valence-electron chi connectivity index (χ0n) is 8.68. The highest BCUT2D eigenvalue weighted by atomic mass is 16.5. The Balaban J connectivity index is 2.48. The van der Waals surface area contributed by atoms with Crippen molar-refractivity contribution in [3.8, 4) is 0 Å². The Labute approximate surface area is 88.1 Å². The predicted molar refractivity (Wildman–Crippen MR) is 54.5 cm³/mol. The normalized spacial score (nSPS) is 24.0. The van der Waals surface area contributed by atoms with E-state index in [2.05, 4.69) is 0 Å². The van der Waals surface area contributed by atoms with Crippen LogP contribution in [0.2, 0.25) is 0 Å². The van der Waals surface area contributed by atoms with Crippen LogP contribution in [-0.4, -0.2) is 23.2 Å². The molecule has 1 heterocycles. The number of ether oxygens (including phenoxy) is 1. The Morgan fingerprint density at radius 2 is 2.00 bits per heavy atom. The molecule has 80 valence electrons. The first-order valence-corrected chi connectivity index (χ1v) is 4.79. The second-order valence-electron chi connectivity index (χ2n) is 3.58. The summed E-state index contributed by atoms with van der Waals surface area (Å²) in [5, 5.41) is 9.10. The summed E-state index contributed by atoms with van der Waals surface area (Å²) in [6.07, 6.45) is -1.43. The fraction of sp³-hybridized carbons (Fsp3) is 0.364. The van der Waals surface area contributed by atoms with Crippen molar-refractivity contribution in [2.24, 2.45) is 0 Å². The van der Waals surface area contributed by atoms with Gasteiger partial charge in [0.05, 0.1) is 6.04 Å². The molecule has 0 bridgehead atoms. The highest BCUT2D eigenvalue weighted by Gasteiger charge is 2.38. The number of hydrogen-bond acceptors (Lipinski definition) is 2. The van der Waals surface area contributed by atoms with Crippen molar-refractivity contribution >= 4 is 6.09 Å². The minimum absolute atomic E-state index is 0.149. The average molecular weight is 207 g/mol. The number of hydrogen-bond donors (Lipinski definition) is 1. The minimum atomic E-state index is -0.953. The van der Waals surface area contributed by atoms with E-state index in [0.717, 1.165) is 11.1 Å². The smallest absolute Gasteiger partial charge is 0.410 e. The van der Waals surface area contributed by atoms with Gasteiger partial charge in [-0.2, -0.15) is 0 Å². The summed E-state index contributed by atoms with van der Waals surface area (Å²) < 4.78 is 5.23. The molecule has 0 saturated carbocycles. The Morgan fingerprint density at radius 3 is 2.53 bits per heavy atom. The molecule has 1 aromatic rings. The Bertz CT molecular complexity index is 391. The largest absolute Gasteiger partial charge is 0.465 e. The highest BCUT2D eigenvalue weighted by Crippen LogP contribution is 2.41. The molecule has 4 nitrogen and oxygen atoms in total. The number of fused-ring (bicyclic) bond motifs is 1. The maximum Gasteiger partial charge on any atom is 0.410 e. The molecule has 0 saturated heterocycles. The van der Waals surface area contributed by atoms with E-state index in [4.69, 9.17) is 9.84 Å². The molecule has 2 rings (SSSR count). The number of amides is 1. The fourth-order valence-corrected chi connectivity index (χ4v) is 2.13. The van der Waals surface area contributed by atoms with Crippen LogP contribution in [0, 0.1) is 0 Å². The highest BCUT2D eigenvalue weighted by molar-refractivity contribution is 5.68. The minimum Gasteiger partial charge on any atom is -0.465 e. The van der Waals surface area contributed by atoms with Crippen molar-refractivity contribution in [1.29, 1.82) is 0 Å². The molecule has 0 aliphatic carbocycles. The van der Waals surface area contributed by atoms with Gasteiger partial charge in [0.25, 0.3) is 0 Å². The van der Waals surface area contributed by atoms with E-state index in [1.165, 1.54) is 12.0 Å². The monoisotopic (exact) mass is 207 g/mol. The average Bonchev–Trinajstić information content (AvgIpc) is 2.52. The van der Waals surface area contributed by atoms with Gasteiger partial charge in [0, 0.05) is 12.7 Å². The summed E-state index contributed by atoms with van der Waals surface area (Å²) in [4.78, 5) is 12.4.